The molecule has 0 unspecified atom stereocenters. The number of sulfonamides is 1. The van der Waals surface area contributed by atoms with Crippen LogP contribution < -0.4 is 10.6 Å². The lowest BCUT2D eigenvalue weighted by atomic mass is 9.77. The zero-order chi connectivity index (χ0) is 26.2. The van der Waals surface area contributed by atoms with E-state index in [9.17, 15) is 18.0 Å². The zero-order valence-corrected chi connectivity index (χ0v) is 21.8. The predicted octanol–water partition coefficient (Wildman–Crippen LogP) is 2.49. The van der Waals surface area contributed by atoms with E-state index in [0.29, 0.717) is 31.0 Å². The summed E-state index contributed by atoms with van der Waals surface area (Å²) in [5.74, 6) is -0.763. The molecule has 3 aromatic rings. The quantitative estimate of drug-likeness (QED) is 0.512. The van der Waals surface area contributed by atoms with Gasteiger partial charge in [-0.05, 0) is 60.0 Å². The molecular formula is C26H28ClN5O4S. The first-order valence-electron chi connectivity index (χ1n) is 12.1. The molecule has 2 aliphatic rings. The van der Waals surface area contributed by atoms with E-state index in [1.54, 1.807) is 47.6 Å². The monoisotopic (exact) mass is 541 g/mol. The average Bonchev–Trinajstić information content (AvgIpc) is 2.90. The number of nitrogens with zero attached hydrogens (tertiary/aromatic N) is 4. The highest BCUT2D eigenvalue weighted by Gasteiger charge is 2.44. The molecule has 0 bridgehead atoms. The van der Waals surface area contributed by atoms with Crippen LogP contribution in [0.2, 0.25) is 5.02 Å². The summed E-state index contributed by atoms with van der Waals surface area (Å²) in [5, 5.41) is 2.15. The molecule has 5 rings (SSSR count). The van der Waals surface area contributed by atoms with Crippen LogP contribution in [0.15, 0.2) is 65.8 Å². The van der Waals surface area contributed by atoms with Crippen molar-refractivity contribution in [2.45, 2.75) is 17.7 Å². The van der Waals surface area contributed by atoms with Crippen molar-refractivity contribution in [3.63, 3.8) is 0 Å². The predicted molar refractivity (Wildman–Crippen MR) is 142 cm³/mol. The van der Waals surface area contributed by atoms with Crippen LogP contribution in [0.4, 0.5) is 5.69 Å². The highest BCUT2D eigenvalue weighted by Crippen LogP contribution is 2.35. The minimum absolute atomic E-state index is 0.126. The fourth-order valence-electron chi connectivity index (χ4n) is 5.16. The van der Waals surface area contributed by atoms with Crippen molar-refractivity contribution in [1.82, 2.24) is 14.2 Å². The molecule has 0 saturated carbocycles. The number of pyridine rings is 1. The molecule has 1 aromatic heterocycles. The topological polar surface area (TPSA) is 117 Å². The number of hydrogen-bond donors (Lipinski definition) is 1. The van der Waals surface area contributed by atoms with Gasteiger partial charge in [0.05, 0.1) is 16.9 Å². The number of primary amides is 1. The van der Waals surface area contributed by atoms with Crippen molar-refractivity contribution in [1.29, 1.82) is 0 Å². The number of fused-ring (bicyclic) bond motifs is 1. The molecule has 0 atom stereocenters. The maximum Gasteiger partial charge on any atom is 0.243 e. The summed E-state index contributed by atoms with van der Waals surface area (Å²) in [6.07, 6.45) is 4.48. The molecule has 0 spiro atoms. The summed E-state index contributed by atoms with van der Waals surface area (Å²) in [6, 6.07) is 13.9. The molecule has 194 valence electrons. The van der Waals surface area contributed by atoms with Crippen LogP contribution in [0, 0.1) is 5.41 Å². The Hall–Kier alpha value is -3.21. The minimum Gasteiger partial charge on any atom is -0.371 e. The first-order valence-corrected chi connectivity index (χ1v) is 13.9. The van der Waals surface area contributed by atoms with Crippen LogP contribution in [0.1, 0.15) is 12.8 Å². The Balaban J connectivity index is 1.27. The van der Waals surface area contributed by atoms with Crippen molar-refractivity contribution in [2.24, 2.45) is 11.1 Å². The fraction of sp³-hybridized carbons (Fsp3) is 0.346. The van der Waals surface area contributed by atoms with Crippen LogP contribution in [-0.2, 0) is 19.6 Å². The molecule has 0 aliphatic carbocycles. The summed E-state index contributed by atoms with van der Waals surface area (Å²) < 4.78 is 27.9. The molecule has 3 heterocycles. The normalized spacial score (nSPS) is 18.8. The van der Waals surface area contributed by atoms with Crippen LogP contribution in [-0.4, -0.2) is 73.7 Å². The van der Waals surface area contributed by atoms with Crippen molar-refractivity contribution in [3.05, 3.63) is 65.9 Å². The van der Waals surface area contributed by atoms with Gasteiger partial charge < -0.3 is 15.5 Å². The average molecular weight is 542 g/mol. The number of piperazine rings is 1. The first-order chi connectivity index (χ1) is 17.7. The second-order valence-corrected chi connectivity index (χ2v) is 12.0. The van der Waals surface area contributed by atoms with Gasteiger partial charge in [0, 0.05) is 55.8 Å². The van der Waals surface area contributed by atoms with Gasteiger partial charge in [0.2, 0.25) is 21.8 Å². The Morgan fingerprint density at radius 2 is 1.65 bits per heavy atom. The van der Waals surface area contributed by atoms with E-state index in [2.05, 4.69) is 9.88 Å². The van der Waals surface area contributed by atoms with Gasteiger partial charge in [-0.3, -0.25) is 14.6 Å². The number of halogens is 1. The molecular weight excluding hydrogens is 514 g/mol. The molecule has 2 aliphatic heterocycles. The molecule has 2 aromatic carbocycles. The summed E-state index contributed by atoms with van der Waals surface area (Å²) in [7, 11) is -3.87. The summed E-state index contributed by atoms with van der Waals surface area (Å²) >= 11 is 6.03. The molecule has 2 amide bonds. The smallest absolute Gasteiger partial charge is 0.243 e. The Bertz CT molecular complexity index is 1440. The van der Waals surface area contributed by atoms with Crippen molar-refractivity contribution >= 4 is 49.9 Å². The SMILES string of the molecule is NC(=O)C1(CN2CCN(S(=O)(=O)c3ccc4cc(Cl)ccc4c3)CC2=O)CCN(c2ccncc2)CC1. The standard InChI is InChI=1S/C26H28ClN5O4S/c27-21-3-1-20-16-23(4-2-19(20)15-21)37(35,36)32-14-13-31(24(33)17-32)18-26(25(28)34)7-11-30(12-8-26)22-5-9-29-10-6-22/h1-6,9-10,15-16H,7-8,11-14,17-18H2,(H2,28,34). The summed E-state index contributed by atoms with van der Waals surface area (Å²) in [5.41, 5.74) is 6.04. The summed E-state index contributed by atoms with van der Waals surface area (Å²) in [4.78, 5) is 33.6. The van der Waals surface area contributed by atoms with Gasteiger partial charge in [-0.2, -0.15) is 4.31 Å². The second kappa shape index (κ2) is 9.92. The van der Waals surface area contributed by atoms with Crippen LogP contribution in [0.5, 0.6) is 0 Å². The number of aromatic nitrogens is 1. The van der Waals surface area contributed by atoms with Crippen LogP contribution in [0.3, 0.4) is 0 Å². The van der Waals surface area contributed by atoms with Gasteiger partial charge in [-0.15, -0.1) is 0 Å². The molecule has 2 fully saturated rings. The number of hydrogen-bond acceptors (Lipinski definition) is 6. The lowest BCUT2D eigenvalue weighted by molar-refractivity contribution is -0.139. The van der Waals surface area contributed by atoms with Gasteiger partial charge in [-0.25, -0.2) is 8.42 Å². The van der Waals surface area contributed by atoms with Crippen LogP contribution >= 0.6 is 11.6 Å². The van der Waals surface area contributed by atoms with E-state index in [4.69, 9.17) is 17.3 Å². The Labute approximate surface area is 220 Å². The number of carbonyl (C=O) groups excluding carboxylic acids is 2. The van der Waals surface area contributed by atoms with Gasteiger partial charge in [0.15, 0.2) is 0 Å². The Morgan fingerprint density at radius 1 is 0.973 bits per heavy atom. The number of carbonyl (C=O) groups is 2. The van der Waals surface area contributed by atoms with Crippen molar-refractivity contribution in [2.75, 3.05) is 44.2 Å². The third-order valence-corrected chi connectivity index (χ3v) is 9.54. The third-order valence-electron chi connectivity index (χ3n) is 7.46. The number of anilines is 1. The highest BCUT2D eigenvalue weighted by molar-refractivity contribution is 7.89. The third kappa shape index (κ3) is 5.01. The van der Waals surface area contributed by atoms with Gasteiger partial charge in [0.1, 0.15) is 0 Å². The van der Waals surface area contributed by atoms with E-state index in [1.165, 1.54) is 10.4 Å². The number of rotatable bonds is 6. The number of nitrogens with two attached hydrogens (primary N) is 1. The van der Waals surface area contributed by atoms with Gasteiger partial charge in [0.25, 0.3) is 0 Å². The maximum absolute atomic E-state index is 13.3. The van der Waals surface area contributed by atoms with E-state index in [-0.39, 0.29) is 37.0 Å². The number of piperidine rings is 1. The molecule has 2 N–H and O–H groups in total. The van der Waals surface area contributed by atoms with E-state index >= 15 is 0 Å². The number of benzene rings is 2. The fourth-order valence-corrected chi connectivity index (χ4v) is 6.76. The van der Waals surface area contributed by atoms with Crippen LogP contribution in [0.25, 0.3) is 10.8 Å². The minimum atomic E-state index is -3.87. The van der Waals surface area contributed by atoms with E-state index in [0.717, 1.165) is 16.5 Å². The van der Waals surface area contributed by atoms with Crippen molar-refractivity contribution < 1.29 is 18.0 Å². The Morgan fingerprint density at radius 3 is 2.32 bits per heavy atom. The van der Waals surface area contributed by atoms with Gasteiger partial charge in [-0.1, -0.05) is 23.7 Å². The lowest BCUT2D eigenvalue weighted by Gasteiger charge is -2.44. The highest BCUT2D eigenvalue weighted by atomic mass is 35.5. The van der Waals surface area contributed by atoms with E-state index < -0.39 is 21.3 Å². The summed E-state index contributed by atoms with van der Waals surface area (Å²) in [6.45, 7) is 1.51. The van der Waals surface area contributed by atoms with E-state index in [1.807, 2.05) is 12.1 Å². The molecule has 11 heteroatoms. The second-order valence-electron chi connectivity index (χ2n) is 9.64. The molecule has 9 nitrogen and oxygen atoms in total. The first kappa shape index (κ1) is 25.4. The Kier molecular flexibility index (Phi) is 6.82. The molecule has 0 radical (unpaired) electrons. The van der Waals surface area contributed by atoms with Crippen molar-refractivity contribution in [3.8, 4) is 0 Å². The maximum atomic E-state index is 13.3. The van der Waals surface area contributed by atoms with Gasteiger partial charge >= 0.3 is 0 Å². The molecule has 2 saturated heterocycles. The molecule has 37 heavy (non-hydrogen) atoms. The number of amides is 2. The zero-order valence-electron chi connectivity index (χ0n) is 20.2. The lowest BCUT2D eigenvalue weighted by Crippen LogP contribution is -2.58. The largest absolute Gasteiger partial charge is 0.371 e.